The molecule has 1 aliphatic heterocycles. The van der Waals surface area contributed by atoms with Gasteiger partial charge in [-0.1, -0.05) is 0 Å². The summed E-state index contributed by atoms with van der Waals surface area (Å²) in [7, 11) is 0. The van der Waals surface area contributed by atoms with E-state index in [4.69, 9.17) is 15.2 Å². The summed E-state index contributed by atoms with van der Waals surface area (Å²) in [4.78, 5) is 10.1. The molecule has 0 bridgehead atoms. The van der Waals surface area contributed by atoms with Crippen LogP contribution in [0.5, 0.6) is 11.5 Å². The Hall–Kier alpha value is -1.98. The minimum Gasteiger partial charge on any atom is -0.489 e. The number of nitrogens with zero attached hydrogens (tertiary/aromatic N) is 1. The maximum atomic E-state index is 10.6. The molecule has 80 valence electrons. The molecular formula is C9H10N2O4. The highest BCUT2D eigenvalue weighted by atomic mass is 16.6. The van der Waals surface area contributed by atoms with Crippen LogP contribution in [0.15, 0.2) is 12.1 Å². The Morgan fingerprint density at radius 2 is 1.87 bits per heavy atom. The summed E-state index contributed by atoms with van der Waals surface area (Å²) in [5.74, 6) is 0.851. The highest BCUT2D eigenvalue weighted by Gasteiger charge is 2.19. The second kappa shape index (κ2) is 3.64. The molecule has 0 amide bonds. The molecule has 0 radical (unpaired) electrons. The molecule has 0 saturated carbocycles. The van der Waals surface area contributed by atoms with Crippen LogP contribution in [0.3, 0.4) is 0 Å². The summed E-state index contributed by atoms with van der Waals surface area (Å²) in [6.45, 7) is 1.03. The maximum absolute atomic E-state index is 10.6. The van der Waals surface area contributed by atoms with Crippen molar-refractivity contribution in [2.45, 2.75) is 6.42 Å². The molecule has 0 unspecified atom stereocenters. The number of rotatable bonds is 1. The van der Waals surface area contributed by atoms with Gasteiger partial charge in [-0.2, -0.15) is 0 Å². The summed E-state index contributed by atoms with van der Waals surface area (Å²) in [6.07, 6.45) is 0.752. The maximum Gasteiger partial charge on any atom is 0.296 e. The van der Waals surface area contributed by atoms with Gasteiger partial charge in [0.25, 0.3) is 5.69 Å². The highest BCUT2D eigenvalue weighted by Crippen LogP contribution is 2.37. The first kappa shape index (κ1) is 9.57. The smallest absolute Gasteiger partial charge is 0.296 e. The van der Waals surface area contributed by atoms with Crippen molar-refractivity contribution >= 4 is 11.4 Å². The van der Waals surface area contributed by atoms with Crippen molar-refractivity contribution in [3.8, 4) is 11.5 Å². The molecular weight excluding hydrogens is 200 g/mol. The molecule has 1 aliphatic rings. The minimum absolute atomic E-state index is 0.0873. The van der Waals surface area contributed by atoms with Gasteiger partial charge in [0.15, 0.2) is 11.5 Å². The van der Waals surface area contributed by atoms with E-state index in [2.05, 4.69) is 0 Å². The van der Waals surface area contributed by atoms with Crippen molar-refractivity contribution in [2.24, 2.45) is 0 Å². The van der Waals surface area contributed by atoms with Crippen molar-refractivity contribution in [3.05, 3.63) is 22.2 Å². The first-order chi connectivity index (χ1) is 7.18. The van der Waals surface area contributed by atoms with Gasteiger partial charge in [0.2, 0.25) is 0 Å². The van der Waals surface area contributed by atoms with Gasteiger partial charge in [-0.15, -0.1) is 0 Å². The Kier molecular flexibility index (Phi) is 2.32. The standard InChI is InChI=1S/C9H10N2O4/c10-6-4-8-9(5-7(6)11(12)13)15-3-1-2-14-8/h4-5H,1-3,10H2. The molecule has 0 saturated heterocycles. The largest absolute Gasteiger partial charge is 0.489 e. The van der Waals surface area contributed by atoms with Gasteiger partial charge >= 0.3 is 0 Å². The Morgan fingerprint density at radius 3 is 2.47 bits per heavy atom. The summed E-state index contributed by atoms with van der Waals surface area (Å²) in [5, 5.41) is 10.6. The average Bonchev–Trinajstić information content (AvgIpc) is 2.40. The van der Waals surface area contributed by atoms with E-state index in [1.165, 1.54) is 12.1 Å². The van der Waals surface area contributed by atoms with Gasteiger partial charge in [0.1, 0.15) is 5.69 Å². The topological polar surface area (TPSA) is 87.6 Å². The predicted octanol–water partition coefficient (Wildman–Crippen LogP) is 1.34. The zero-order valence-corrected chi connectivity index (χ0v) is 7.93. The molecule has 0 spiro atoms. The molecule has 6 heteroatoms. The van der Waals surface area contributed by atoms with Gasteiger partial charge in [-0.25, -0.2) is 0 Å². The second-order valence-electron chi connectivity index (χ2n) is 3.17. The molecule has 6 nitrogen and oxygen atoms in total. The zero-order valence-electron chi connectivity index (χ0n) is 7.93. The van der Waals surface area contributed by atoms with Crippen LogP contribution in [0.1, 0.15) is 6.42 Å². The SMILES string of the molecule is Nc1cc2c(cc1[N+](=O)[O-])OCCCO2. The lowest BCUT2D eigenvalue weighted by atomic mass is 10.2. The average molecular weight is 210 g/mol. The number of fused-ring (bicyclic) bond motifs is 1. The summed E-state index contributed by atoms with van der Waals surface area (Å²) >= 11 is 0. The van der Waals surface area contributed by atoms with Gasteiger partial charge in [0, 0.05) is 12.5 Å². The van der Waals surface area contributed by atoms with E-state index in [9.17, 15) is 10.1 Å². The van der Waals surface area contributed by atoms with Crippen molar-refractivity contribution in [2.75, 3.05) is 18.9 Å². The van der Waals surface area contributed by atoms with E-state index in [0.29, 0.717) is 24.7 Å². The van der Waals surface area contributed by atoms with Gasteiger partial charge in [-0.3, -0.25) is 10.1 Å². The third kappa shape index (κ3) is 1.78. The number of anilines is 1. The fraction of sp³-hybridized carbons (Fsp3) is 0.333. The first-order valence-corrected chi connectivity index (χ1v) is 4.52. The van der Waals surface area contributed by atoms with Crippen LogP contribution in [-0.2, 0) is 0 Å². The first-order valence-electron chi connectivity index (χ1n) is 4.52. The van der Waals surface area contributed by atoms with Crippen LogP contribution < -0.4 is 15.2 Å². The monoisotopic (exact) mass is 210 g/mol. The lowest BCUT2D eigenvalue weighted by Crippen LogP contribution is -1.98. The normalized spacial score (nSPS) is 14.4. The Balaban J connectivity index is 2.47. The Morgan fingerprint density at radius 1 is 1.27 bits per heavy atom. The van der Waals surface area contributed by atoms with Crippen LogP contribution in [0, 0.1) is 10.1 Å². The zero-order chi connectivity index (χ0) is 10.8. The molecule has 0 atom stereocenters. The Labute approximate surface area is 85.7 Å². The lowest BCUT2D eigenvalue weighted by Gasteiger charge is -2.07. The third-order valence-corrected chi connectivity index (χ3v) is 2.09. The molecule has 15 heavy (non-hydrogen) atoms. The minimum atomic E-state index is -0.538. The van der Waals surface area contributed by atoms with Crippen LogP contribution >= 0.6 is 0 Å². The molecule has 0 fully saturated rings. The van der Waals surface area contributed by atoms with Gasteiger partial charge in [0.05, 0.1) is 24.2 Å². The fourth-order valence-electron chi connectivity index (χ4n) is 1.37. The van der Waals surface area contributed by atoms with E-state index in [-0.39, 0.29) is 11.4 Å². The summed E-state index contributed by atoms with van der Waals surface area (Å²) in [5.41, 5.74) is 5.45. The van der Waals surface area contributed by atoms with E-state index in [0.717, 1.165) is 6.42 Å². The number of nitro benzene ring substituents is 1. The van der Waals surface area contributed by atoms with Crippen LogP contribution in [0.25, 0.3) is 0 Å². The van der Waals surface area contributed by atoms with Crippen molar-refractivity contribution < 1.29 is 14.4 Å². The molecule has 1 heterocycles. The highest BCUT2D eigenvalue weighted by molar-refractivity contribution is 5.65. The van der Waals surface area contributed by atoms with Gasteiger partial charge < -0.3 is 15.2 Å². The number of nitrogen functional groups attached to an aromatic ring is 1. The number of hydrogen-bond acceptors (Lipinski definition) is 5. The molecule has 2 N–H and O–H groups in total. The second-order valence-corrected chi connectivity index (χ2v) is 3.17. The fourth-order valence-corrected chi connectivity index (χ4v) is 1.37. The van der Waals surface area contributed by atoms with Crippen LogP contribution in [0.4, 0.5) is 11.4 Å². The predicted molar refractivity (Wildman–Crippen MR) is 53.1 cm³/mol. The lowest BCUT2D eigenvalue weighted by molar-refractivity contribution is -0.384. The number of hydrogen-bond donors (Lipinski definition) is 1. The number of benzene rings is 1. The third-order valence-electron chi connectivity index (χ3n) is 2.09. The number of nitrogens with two attached hydrogens (primary N) is 1. The molecule has 2 rings (SSSR count). The van der Waals surface area contributed by atoms with Crippen molar-refractivity contribution in [1.82, 2.24) is 0 Å². The van der Waals surface area contributed by atoms with E-state index in [1.807, 2.05) is 0 Å². The molecule has 0 aromatic heterocycles. The Bertz CT molecular complexity index is 405. The summed E-state index contributed by atoms with van der Waals surface area (Å²) < 4.78 is 10.6. The van der Waals surface area contributed by atoms with E-state index >= 15 is 0 Å². The molecule has 1 aromatic rings. The van der Waals surface area contributed by atoms with Crippen LogP contribution in [-0.4, -0.2) is 18.1 Å². The summed E-state index contributed by atoms with van der Waals surface area (Å²) in [6, 6.07) is 2.73. The number of nitro groups is 1. The van der Waals surface area contributed by atoms with E-state index in [1.54, 1.807) is 0 Å². The van der Waals surface area contributed by atoms with Crippen molar-refractivity contribution in [3.63, 3.8) is 0 Å². The quantitative estimate of drug-likeness (QED) is 0.429. The molecule has 1 aromatic carbocycles. The van der Waals surface area contributed by atoms with Crippen LogP contribution in [0.2, 0.25) is 0 Å². The number of ether oxygens (including phenoxy) is 2. The van der Waals surface area contributed by atoms with Crippen molar-refractivity contribution in [1.29, 1.82) is 0 Å². The van der Waals surface area contributed by atoms with E-state index < -0.39 is 4.92 Å². The van der Waals surface area contributed by atoms with Gasteiger partial charge in [-0.05, 0) is 0 Å². The molecule has 0 aliphatic carbocycles.